The van der Waals surface area contributed by atoms with Crippen molar-refractivity contribution in [3.63, 3.8) is 0 Å². The SMILES string of the molecule is c1ccc(-n2c3ccccc3c3cccc(-c4cccc5c4oc4cccc(-c6nc(-c7ccc8c(c7)sc7ccccc78)nc(-c7ccc8c(c7)sc7ccccc78)n6)c45)c32)cc1. The molecule has 0 amide bonds. The highest BCUT2D eigenvalue weighted by atomic mass is 32.1. The van der Waals surface area contributed by atoms with Gasteiger partial charge in [0.1, 0.15) is 11.2 Å². The molecule has 64 heavy (non-hydrogen) atoms. The Labute approximate surface area is 373 Å². The largest absolute Gasteiger partial charge is 0.455 e. The van der Waals surface area contributed by atoms with E-state index in [9.17, 15) is 0 Å². The van der Waals surface area contributed by atoms with Crippen molar-refractivity contribution >= 4 is 107 Å². The van der Waals surface area contributed by atoms with Crippen molar-refractivity contribution in [3.05, 3.63) is 194 Å². The fourth-order valence-corrected chi connectivity index (χ4v) is 12.1. The van der Waals surface area contributed by atoms with Crippen molar-refractivity contribution in [3.8, 4) is 51.0 Å². The van der Waals surface area contributed by atoms with Crippen molar-refractivity contribution in [2.75, 3.05) is 0 Å². The minimum absolute atomic E-state index is 0.595. The minimum atomic E-state index is 0.595. The molecule has 0 N–H and O–H groups in total. The summed E-state index contributed by atoms with van der Waals surface area (Å²) in [7, 11) is 0. The monoisotopic (exact) mass is 852 g/mol. The number of benzene rings is 9. The Morgan fingerprint density at radius 2 is 0.906 bits per heavy atom. The highest BCUT2D eigenvalue weighted by Gasteiger charge is 2.23. The van der Waals surface area contributed by atoms with Crippen LogP contribution in [-0.2, 0) is 0 Å². The summed E-state index contributed by atoms with van der Waals surface area (Å²) in [6, 6.07) is 68.9. The molecule has 5 heterocycles. The summed E-state index contributed by atoms with van der Waals surface area (Å²) in [4.78, 5) is 15.9. The number of nitrogens with zero attached hydrogens (tertiary/aromatic N) is 4. The molecule has 14 aromatic rings. The standard InChI is InChI=1S/C57H32N4OS2/c1-2-13-35(14-3-1)61-46-23-7-4-15-36(46)41-18-10-19-42(53(41)61)43-20-11-21-44-52-45(22-12-24-47(52)62-54(43)44)57-59-55(33-27-29-39-37-16-5-8-25-48(37)63-50(39)31-33)58-56(60-57)34-28-30-40-38-17-6-9-26-49(38)64-51(40)32-34/h1-32H. The molecule has 9 aromatic carbocycles. The van der Waals surface area contributed by atoms with Crippen molar-refractivity contribution < 1.29 is 4.42 Å². The molecule has 0 radical (unpaired) electrons. The van der Waals surface area contributed by atoms with Crippen molar-refractivity contribution in [2.45, 2.75) is 0 Å². The summed E-state index contributed by atoms with van der Waals surface area (Å²) >= 11 is 3.59. The van der Waals surface area contributed by atoms with E-state index < -0.39 is 0 Å². The van der Waals surface area contributed by atoms with E-state index in [0.717, 1.165) is 66.5 Å². The maximum absolute atomic E-state index is 6.97. The zero-order chi connectivity index (χ0) is 41.9. The number of thiophene rings is 2. The Kier molecular flexibility index (Phi) is 7.66. The van der Waals surface area contributed by atoms with E-state index in [1.165, 1.54) is 51.1 Å². The van der Waals surface area contributed by atoms with Gasteiger partial charge in [-0.05, 0) is 48.5 Å². The summed E-state index contributed by atoms with van der Waals surface area (Å²) in [5.74, 6) is 1.85. The predicted octanol–water partition coefficient (Wildman–Crippen LogP) is 16.3. The number of rotatable bonds is 5. The van der Waals surface area contributed by atoms with E-state index >= 15 is 0 Å². The molecule has 0 atom stereocenters. The van der Waals surface area contributed by atoms with Crippen LogP contribution in [0.3, 0.4) is 0 Å². The summed E-state index contributed by atoms with van der Waals surface area (Å²) in [6.45, 7) is 0. The Hall–Kier alpha value is -7.97. The van der Waals surface area contributed by atoms with Crippen LogP contribution in [0, 0.1) is 0 Å². The van der Waals surface area contributed by atoms with Gasteiger partial charge < -0.3 is 8.98 Å². The zero-order valence-corrected chi connectivity index (χ0v) is 35.6. The number of hydrogen-bond acceptors (Lipinski definition) is 6. The van der Waals surface area contributed by atoms with Crippen LogP contribution in [0.5, 0.6) is 0 Å². The second-order valence-electron chi connectivity index (χ2n) is 16.3. The maximum atomic E-state index is 6.97. The van der Waals surface area contributed by atoms with E-state index in [4.69, 9.17) is 19.4 Å². The number of aromatic nitrogens is 4. The Morgan fingerprint density at radius 3 is 1.61 bits per heavy atom. The van der Waals surface area contributed by atoms with Gasteiger partial charge in [0.25, 0.3) is 0 Å². The van der Waals surface area contributed by atoms with Crippen molar-refractivity contribution in [1.82, 2.24) is 19.5 Å². The molecule has 14 rings (SSSR count). The first kappa shape index (κ1) is 35.6. The lowest BCUT2D eigenvalue weighted by Gasteiger charge is -2.12. The molecule has 5 aromatic heterocycles. The average Bonchev–Trinajstić information content (AvgIpc) is 4.12. The molecule has 7 heteroatoms. The molecule has 0 fully saturated rings. The lowest BCUT2D eigenvalue weighted by atomic mass is 9.98. The maximum Gasteiger partial charge on any atom is 0.164 e. The number of para-hydroxylation sites is 4. The van der Waals surface area contributed by atoms with Gasteiger partial charge in [0, 0.05) is 95.4 Å². The van der Waals surface area contributed by atoms with E-state index in [1.807, 2.05) is 6.07 Å². The van der Waals surface area contributed by atoms with Crippen LogP contribution < -0.4 is 0 Å². The first-order valence-corrected chi connectivity index (χ1v) is 23.0. The van der Waals surface area contributed by atoms with Crippen LogP contribution in [0.2, 0.25) is 0 Å². The highest BCUT2D eigenvalue weighted by Crippen LogP contribution is 2.45. The van der Waals surface area contributed by atoms with Crippen LogP contribution in [0.15, 0.2) is 199 Å². The molecule has 0 spiro atoms. The first-order chi connectivity index (χ1) is 31.7. The molecule has 298 valence electrons. The molecule has 0 unspecified atom stereocenters. The molecule has 0 aliphatic heterocycles. The topological polar surface area (TPSA) is 56.7 Å². The number of hydrogen-bond donors (Lipinski definition) is 0. The molecule has 0 saturated heterocycles. The van der Waals surface area contributed by atoms with Crippen molar-refractivity contribution in [1.29, 1.82) is 0 Å². The van der Waals surface area contributed by atoms with Crippen LogP contribution in [0.4, 0.5) is 0 Å². The average molecular weight is 853 g/mol. The quantitative estimate of drug-likeness (QED) is 0.173. The van der Waals surface area contributed by atoms with Crippen LogP contribution in [0.25, 0.3) is 135 Å². The van der Waals surface area contributed by atoms with Gasteiger partial charge in [-0.2, -0.15) is 0 Å². The molecule has 0 aliphatic rings. The molecular weight excluding hydrogens is 821 g/mol. The van der Waals surface area contributed by atoms with Gasteiger partial charge in [-0.1, -0.05) is 146 Å². The lowest BCUT2D eigenvalue weighted by Crippen LogP contribution is -2.00. The third-order valence-corrected chi connectivity index (χ3v) is 14.9. The second-order valence-corrected chi connectivity index (χ2v) is 18.4. The van der Waals surface area contributed by atoms with Crippen LogP contribution in [-0.4, -0.2) is 19.5 Å². The van der Waals surface area contributed by atoms with Gasteiger partial charge in [0.05, 0.1) is 11.0 Å². The first-order valence-electron chi connectivity index (χ1n) is 21.3. The van der Waals surface area contributed by atoms with Gasteiger partial charge in [-0.3, -0.25) is 0 Å². The molecule has 0 bridgehead atoms. The fourth-order valence-electron chi connectivity index (χ4n) is 9.81. The Bertz CT molecular complexity index is 4080. The summed E-state index contributed by atoms with van der Waals surface area (Å²) in [6.07, 6.45) is 0. The Balaban J connectivity index is 0.997. The Morgan fingerprint density at radius 1 is 0.375 bits per heavy atom. The third-order valence-electron chi connectivity index (χ3n) is 12.7. The number of furan rings is 1. The molecular formula is C57H32N4OS2. The third kappa shape index (κ3) is 5.32. The van der Waals surface area contributed by atoms with Crippen molar-refractivity contribution in [2.24, 2.45) is 0 Å². The predicted molar refractivity (Wildman–Crippen MR) is 269 cm³/mol. The molecule has 0 saturated carbocycles. The van der Waals surface area contributed by atoms with E-state index in [0.29, 0.717) is 17.5 Å². The van der Waals surface area contributed by atoms with Gasteiger partial charge in [0.2, 0.25) is 0 Å². The smallest absolute Gasteiger partial charge is 0.164 e. The van der Waals surface area contributed by atoms with Gasteiger partial charge in [0.15, 0.2) is 17.5 Å². The highest BCUT2D eigenvalue weighted by molar-refractivity contribution is 7.26. The molecule has 5 nitrogen and oxygen atoms in total. The van der Waals surface area contributed by atoms with Gasteiger partial charge in [-0.15, -0.1) is 22.7 Å². The van der Waals surface area contributed by atoms with E-state index in [-0.39, 0.29) is 0 Å². The molecule has 0 aliphatic carbocycles. The zero-order valence-electron chi connectivity index (χ0n) is 34.0. The van der Waals surface area contributed by atoms with E-state index in [1.54, 1.807) is 22.7 Å². The number of fused-ring (bicyclic) bond motifs is 12. The summed E-state index contributed by atoms with van der Waals surface area (Å²) in [5, 5.41) is 9.37. The normalized spacial score (nSPS) is 12.1. The second kappa shape index (κ2) is 13.8. The van der Waals surface area contributed by atoms with E-state index in [2.05, 4.69) is 193 Å². The van der Waals surface area contributed by atoms with Crippen LogP contribution in [0.1, 0.15) is 0 Å². The summed E-state index contributed by atoms with van der Waals surface area (Å²) in [5.41, 5.74) is 9.91. The van der Waals surface area contributed by atoms with Crippen LogP contribution >= 0.6 is 22.7 Å². The van der Waals surface area contributed by atoms with Gasteiger partial charge >= 0.3 is 0 Å². The van der Waals surface area contributed by atoms with Gasteiger partial charge in [-0.25, -0.2) is 15.0 Å². The lowest BCUT2D eigenvalue weighted by molar-refractivity contribution is 0.670. The minimum Gasteiger partial charge on any atom is -0.455 e. The summed E-state index contributed by atoms with van der Waals surface area (Å²) < 4.78 is 14.3. The fraction of sp³-hybridized carbons (Fsp3) is 0.